The number of hydrazine groups is 1. The lowest BCUT2D eigenvalue weighted by Crippen LogP contribution is -2.45. The number of carbonyl (C=O) groups excluding carboxylic acids is 1. The predicted octanol–water partition coefficient (Wildman–Crippen LogP) is 4.75. The van der Waals surface area contributed by atoms with Crippen molar-refractivity contribution in [3.8, 4) is 11.1 Å². The number of amides is 2. The van der Waals surface area contributed by atoms with E-state index in [9.17, 15) is 4.79 Å². The van der Waals surface area contributed by atoms with E-state index in [1.165, 1.54) is 10.3 Å². The summed E-state index contributed by atoms with van der Waals surface area (Å²) >= 11 is 22.4. The molecule has 2 aromatic rings. The summed E-state index contributed by atoms with van der Waals surface area (Å²) in [4.78, 5) is 14.0. The molecule has 2 aromatic carbocycles. The summed E-state index contributed by atoms with van der Waals surface area (Å²) in [5.74, 6) is 0. The number of hydrogen-bond donors (Lipinski definition) is 1. The number of anilines is 1. The maximum atomic E-state index is 12.5. The number of carbonyl (C=O) groups is 1. The second-order valence-corrected chi connectivity index (χ2v) is 7.57. The third-order valence-electron chi connectivity index (χ3n) is 3.57. The zero-order valence-corrected chi connectivity index (χ0v) is 15.3. The maximum absolute atomic E-state index is 12.5. The van der Waals surface area contributed by atoms with Gasteiger partial charge in [0.05, 0.1) is 0 Å². The zero-order chi connectivity index (χ0) is 17.3. The molecule has 0 aliphatic carbocycles. The van der Waals surface area contributed by atoms with E-state index in [4.69, 9.17) is 47.0 Å². The average molecular weight is 401 g/mol. The van der Waals surface area contributed by atoms with E-state index < -0.39 is 16.1 Å². The highest BCUT2D eigenvalue weighted by Crippen LogP contribution is 2.35. The van der Waals surface area contributed by atoms with Gasteiger partial charge in [0.1, 0.15) is 6.17 Å². The summed E-state index contributed by atoms with van der Waals surface area (Å²) < 4.78 is -1.91. The third-order valence-corrected chi connectivity index (χ3v) is 4.34. The summed E-state index contributed by atoms with van der Waals surface area (Å²) in [5, 5.41) is 2.33. The fourth-order valence-corrected chi connectivity index (χ4v) is 3.01. The molecule has 1 aliphatic rings. The van der Waals surface area contributed by atoms with Gasteiger partial charge in [-0.25, -0.2) is 9.80 Å². The lowest BCUT2D eigenvalue weighted by atomic mass is 10.1. The van der Waals surface area contributed by atoms with Crippen molar-refractivity contribution in [3.05, 3.63) is 54.6 Å². The van der Waals surface area contributed by atoms with E-state index in [0.717, 1.165) is 16.1 Å². The van der Waals surface area contributed by atoms with Crippen molar-refractivity contribution in [2.24, 2.45) is 0 Å². The Morgan fingerprint density at radius 2 is 1.58 bits per heavy atom. The van der Waals surface area contributed by atoms with Gasteiger partial charge in [0.25, 0.3) is 3.92 Å². The van der Waals surface area contributed by atoms with Crippen LogP contribution in [0.3, 0.4) is 0 Å². The number of rotatable bonds is 3. The van der Waals surface area contributed by atoms with E-state index in [1.54, 1.807) is 0 Å². The predicted molar refractivity (Wildman–Crippen MR) is 102 cm³/mol. The van der Waals surface area contributed by atoms with Crippen LogP contribution in [-0.2, 0) is 0 Å². The normalized spacial score (nSPS) is 18.1. The van der Waals surface area contributed by atoms with Crippen molar-refractivity contribution in [1.29, 1.82) is 0 Å². The van der Waals surface area contributed by atoms with Crippen molar-refractivity contribution in [2.75, 3.05) is 4.90 Å². The number of alkyl halides is 3. The Labute approximate surface area is 159 Å². The first kappa shape index (κ1) is 17.5. The molecular formula is C16H12Cl3N3OS. The lowest BCUT2D eigenvalue weighted by Gasteiger charge is -2.23. The standard InChI is InChI=1S/C16H12Cl3N3OS/c17-16(18,19)22-15(23)21(14(10-24)20-22)13-8-6-12(7-9-13)11-4-2-1-3-5-11/h1-10,14,20H. The molecule has 4 nitrogen and oxygen atoms in total. The Balaban J connectivity index is 1.90. The maximum Gasteiger partial charge on any atom is 0.344 e. The van der Waals surface area contributed by atoms with Gasteiger partial charge in [0, 0.05) is 11.1 Å². The Bertz CT molecular complexity index is 749. The third kappa shape index (κ3) is 3.36. The summed E-state index contributed by atoms with van der Waals surface area (Å²) in [7, 11) is 0. The zero-order valence-electron chi connectivity index (χ0n) is 12.2. The Morgan fingerprint density at radius 1 is 1.00 bits per heavy atom. The summed E-state index contributed by atoms with van der Waals surface area (Å²) in [6, 6.07) is 17.0. The number of nitrogens with one attached hydrogen (secondary N) is 1. The SMILES string of the molecule is O=C1N(c2ccc(-c3ccccc3)cc2)C(C=S)NN1C(Cl)(Cl)Cl. The van der Waals surface area contributed by atoms with E-state index in [1.807, 2.05) is 54.6 Å². The van der Waals surface area contributed by atoms with Crippen LogP contribution in [0.1, 0.15) is 0 Å². The highest BCUT2D eigenvalue weighted by Gasteiger charge is 2.46. The molecule has 1 atom stereocenters. The molecule has 8 heteroatoms. The lowest BCUT2D eigenvalue weighted by molar-refractivity contribution is 0.201. The highest BCUT2D eigenvalue weighted by atomic mass is 35.6. The monoisotopic (exact) mass is 399 g/mol. The van der Waals surface area contributed by atoms with Crippen molar-refractivity contribution < 1.29 is 4.79 Å². The molecule has 1 aliphatic heterocycles. The fourth-order valence-electron chi connectivity index (χ4n) is 2.46. The highest BCUT2D eigenvalue weighted by molar-refractivity contribution is 7.79. The molecule has 24 heavy (non-hydrogen) atoms. The number of halogens is 3. The number of urea groups is 1. The first-order valence-corrected chi connectivity index (χ1v) is 8.59. The molecule has 3 rings (SSSR count). The summed E-state index contributed by atoms with van der Waals surface area (Å²) in [6.07, 6.45) is -0.578. The summed E-state index contributed by atoms with van der Waals surface area (Å²) in [6.45, 7) is 0. The molecule has 1 heterocycles. The van der Waals surface area contributed by atoms with Gasteiger partial charge >= 0.3 is 6.03 Å². The van der Waals surface area contributed by atoms with Crippen LogP contribution in [-0.4, -0.2) is 26.5 Å². The minimum Gasteiger partial charge on any atom is -0.271 e. The van der Waals surface area contributed by atoms with Crippen LogP contribution in [0.25, 0.3) is 11.1 Å². The van der Waals surface area contributed by atoms with E-state index >= 15 is 0 Å². The minimum atomic E-state index is -1.91. The van der Waals surface area contributed by atoms with Crippen LogP contribution in [0.15, 0.2) is 54.6 Å². The number of hydrogen-bond acceptors (Lipinski definition) is 3. The Morgan fingerprint density at radius 3 is 2.12 bits per heavy atom. The molecule has 0 radical (unpaired) electrons. The molecule has 1 saturated heterocycles. The van der Waals surface area contributed by atoms with E-state index in [0.29, 0.717) is 5.69 Å². The first-order valence-electron chi connectivity index (χ1n) is 6.99. The second kappa shape index (κ2) is 6.86. The topological polar surface area (TPSA) is 35.6 Å². The molecule has 0 aromatic heterocycles. The fraction of sp³-hybridized carbons (Fsp3) is 0.125. The number of thiocarbonyl (C=S) groups is 1. The van der Waals surface area contributed by atoms with Gasteiger partial charge < -0.3 is 0 Å². The van der Waals surface area contributed by atoms with E-state index in [-0.39, 0.29) is 0 Å². The van der Waals surface area contributed by atoms with Crippen LogP contribution in [0.5, 0.6) is 0 Å². The van der Waals surface area contributed by atoms with Crippen molar-refractivity contribution in [2.45, 2.75) is 10.1 Å². The molecular weight excluding hydrogens is 389 g/mol. The van der Waals surface area contributed by atoms with Gasteiger partial charge in [0.2, 0.25) is 0 Å². The number of benzene rings is 2. The van der Waals surface area contributed by atoms with Crippen LogP contribution in [0.4, 0.5) is 10.5 Å². The second-order valence-electron chi connectivity index (χ2n) is 5.08. The van der Waals surface area contributed by atoms with Crippen molar-refractivity contribution in [3.63, 3.8) is 0 Å². The Hall–Kier alpha value is -1.37. The smallest absolute Gasteiger partial charge is 0.271 e. The molecule has 0 spiro atoms. The largest absolute Gasteiger partial charge is 0.344 e. The molecule has 1 unspecified atom stereocenters. The van der Waals surface area contributed by atoms with Crippen molar-refractivity contribution >= 4 is 64.1 Å². The molecule has 0 bridgehead atoms. The van der Waals surface area contributed by atoms with Gasteiger partial charge in [-0.2, -0.15) is 5.43 Å². The van der Waals surface area contributed by atoms with Crippen LogP contribution in [0.2, 0.25) is 0 Å². The van der Waals surface area contributed by atoms with Gasteiger partial charge in [-0.3, -0.25) is 4.90 Å². The molecule has 124 valence electrons. The molecule has 0 saturated carbocycles. The first-order chi connectivity index (χ1) is 11.4. The van der Waals surface area contributed by atoms with Gasteiger partial charge in [-0.15, -0.1) is 0 Å². The molecule has 1 N–H and O–H groups in total. The van der Waals surface area contributed by atoms with Crippen LogP contribution >= 0.6 is 47.0 Å². The van der Waals surface area contributed by atoms with Crippen molar-refractivity contribution in [1.82, 2.24) is 10.4 Å². The number of nitrogens with zero attached hydrogens (tertiary/aromatic N) is 2. The molecule has 2 amide bonds. The van der Waals surface area contributed by atoms with Gasteiger partial charge in [-0.05, 0) is 23.3 Å². The molecule has 1 fully saturated rings. The van der Waals surface area contributed by atoms with Gasteiger partial charge in [0.15, 0.2) is 0 Å². The van der Waals surface area contributed by atoms with Crippen LogP contribution in [0, 0.1) is 0 Å². The minimum absolute atomic E-state index is 0.492. The average Bonchev–Trinajstić information content (AvgIpc) is 2.92. The Kier molecular flexibility index (Phi) is 4.99. The van der Waals surface area contributed by atoms with Gasteiger partial charge in [-0.1, -0.05) is 89.5 Å². The van der Waals surface area contributed by atoms with E-state index in [2.05, 4.69) is 5.43 Å². The quantitative estimate of drug-likeness (QED) is 0.458. The van der Waals surface area contributed by atoms with Crippen LogP contribution < -0.4 is 10.3 Å². The summed E-state index contributed by atoms with van der Waals surface area (Å²) in [5.41, 5.74) is 5.55.